The minimum Gasteiger partial charge on any atom is -1.00 e. The molecule has 0 spiro atoms. The van der Waals surface area contributed by atoms with Gasteiger partial charge in [-0.05, 0) is 23.8 Å². The Morgan fingerprint density at radius 2 is 1.66 bits per heavy atom. The van der Waals surface area contributed by atoms with Crippen molar-refractivity contribution in [2.75, 3.05) is 34.2 Å². The summed E-state index contributed by atoms with van der Waals surface area (Å²) >= 11 is 0. The molecule has 0 N–H and O–H groups in total. The first kappa shape index (κ1) is 18.4. The Balaban J connectivity index is 0.00000181. The van der Waals surface area contributed by atoms with Crippen LogP contribution in [0.4, 0.5) is 0 Å². The molecule has 0 aliphatic carbocycles. The molecular formula is C21H20ClNO6. The van der Waals surface area contributed by atoms with Crippen LogP contribution in [0.2, 0.25) is 0 Å². The fraction of sp³-hybridized carbons (Fsp3) is 0.381. The van der Waals surface area contributed by atoms with Crippen LogP contribution in [0.5, 0.6) is 23.0 Å². The van der Waals surface area contributed by atoms with Gasteiger partial charge in [0.25, 0.3) is 0 Å². The second-order valence-electron chi connectivity index (χ2n) is 8.19. The summed E-state index contributed by atoms with van der Waals surface area (Å²) in [5.74, 6) is 2.28. The fourth-order valence-corrected chi connectivity index (χ4v) is 4.85. The first-order valence-corrected chi connectivity index (χ1v) is 9.41. The van der Waals surface area contributed by atoms with Crippen LogP contribution in [-0.2, 0) is 11.2 Å². The third-order valence-corrected chi connectivity index (χ3v) is 6.27. The molecule has 0 saturated heterocycles. The summed E-state index contributed by atoms with van der Waals surface area (Å²) < 4.78 is 28.8. The van der Waals surface area contributed by atoms with Crippen LogP contribution in [0.25, 0.3) is 0 Å². The molecule has 0 bridgehead atoms. The number of quaternary nitrogens is 1. The number of likely N-dealkylation sites (N-methyl/N-ethyl adjacent to an activating group) is 1. The Bertz CT molecular complexity index is 1040. The Morgan fingerprint density at radius 1 is 0.931 bits per heavy atom. The van der Waals surface area contributed by atoms with E-state index in [1.54, 1.807) is 0 Å². The average molecular weight is 418 g/mol. The second kappa shape index (κ2) is 6.18. The topological polar surface area (TPSA) is 63.2 Å². The van der Waals surface area contributed by atoms with Crippen molar-refractivity contribution in [3.63, 3.8) is 0 Å². The second-order valence-corrected chi connectivity index (χ2v) is 8.19. The number of esters is 1. The highest BCUT2D eigenvalue weighted by Crippen LogP contribution is 2.53. The number of carbonyl (C=O) groups is 1. The Hall–Kier alpha value is -2.64. The summed E-state index contributed by atoms with van der Waals surface area (Å²) in [6, 6.07) is 7.87. The van der Waals surface area contributed by atoms with Gasteiger partial charge in [0.2, 0.25) is 13.6 Å². The van der Waals surface area contributed by atoms with E-state index in [0.717, 1.165) is 35.6 Å². The highest BCUT2D eigenvalue weighted by Gasteiger charge is 2.50. The number of nitrogens with zero attached hydrogens (tertiary/aromatic N) is 1. The molecule has 0 saturated carbocycles. The van der Waals surface area contributed by atoms with E-state index >= 15 is 0 Å². The first-order valence-electron chi connectivity index (χ1n) is 9.41. The lowest BCUT2D eigenvalue weighted by Crippen LogP contribution is -3.00. The summed E-state index contributed by atoms with van der Waals surface area (Å²) in [5.41, 5.74) is 3.71. The maximum Gasteiger partial charge on any atom is 0.343 e. The van der Waals surface area contributed by atoms with Crippen molar-refractivity contribution < 1.29 is 45.4 Å². The number of hydrogen-bond acceptors (Lipinski definition) is 6. The zero-order valence-corrected chi connectivity index (χ0v) is 16.8. The summed E-state index contributed by atoms with van der Waals surface area (Å²) in [7, 11) is 4.36. The Morgan fingerprint density at radius 3 is 2.48 bits per heavy atom. The van der Waals surface area contributed by atoms with E-state index in [1.807, 2.05) is 12.1 Å². The molecule has 2 aromatic carbocycles. The van der Waals surface area contributed by atoms with Crippen LogP contribution in [0, 0.1) is 0 Å². The molecule has 8 heteroatoms. The van der Waals surface area contributed by atoms with Crippen LogP contribution >= 0.6 is 0 Å². The molecule has 0 radical (unpaired) electrons. The van der Waals surface area contributed by atoms with Crippen LogP contribution in [0.15, 0.2) is 24.3 Å². The molecule has 0 aromatic heterocycles. The van der Waals surface area contributed by atoms with E-state index in [9.17, 15) is 4.79 Å². The van der Waals surface area contributed by atoms with Gasteiger partial charge in [0.15, 0.2) is 35.1 Å². The molecule has 29 heavy (non-hydrogen) atoms. The standard InChI is InChI=1S/C21H20NO6.ClH/c1-22(2)6-5-11-7-15-16(26-9-25-15)8-13(11)18(22)19-12-3-4-14-20(27-10-24-14)17(12)21(23)28-19;/h3-4,7-8,18-19H,5-6,9-10H2,1-2H3;1H/q+1;/p-1/t18-,19+;/m0./s1. The normalized spacial score (nSPS) is 24.4. The molecule has 7 nitrogen and oxygen atoms in total. The van der Waals surface area contributed by atoms with Crippen molar-refractivity contribution in [2.24, 2.45) is 0 Å². The first-order chi connectivity index (χ1) is 13.5. The molecule has 4 heterocycles. The van der Waals surface area contributed by atoms with Gasteiger partial charge in [-0.15, -0.1) is 0 Å². The van der Waals surface area contributed by atoms with Gasteiger partial charge in [0.05, 0.1) is 20.6 Å². The monoisotopic (exact) mass is 417 g/mol. The zero-order valence-electron chi connectivity index (χ0n) is 16.1. The lowest BCUT2D eigenvalue weighted by atomic mass is 9.84. The molecule has 152 valence electrons. The minimum atomic E-state index is -0.397. The Kier molecular flexibility index (Phi) is 3.92. The fourth-order valence-electron chi connectivity index (χ4n) is 4.85. The van der Waals surface area contributed by atoms with Gasteiger partial charge >= 0.3 is 5.97 Å². The van der Waals surface area contributed by atoms with Crippen molar-refractivity contribution in [2.45, 2.75) is 18.6 Å². The summed E-state index contributed by atoms with van der Waals surface area (Å²) in [6.07, 6.45) is 0.538. The van der Waals surface area contributed by atoms with Crippen LogP contribution in [0.1, 0.15) is 39.2 Å². The van der Waals surface area contributed by atoms with Gasteiger partial charge < -0.3 is 40.6 Å². The smallest absolute Gasteiger partial charge is 0.343 e. The van der Waals surface area contributed by atoms with Crippen LogP contribution < -0.4 is 31.4 Å². The molecular weight excluding hydrogens is 398 g/mol. The SMILES string of the molecule is C[N+]1(C)CCc2cc3c(cc2[C@H]1[C@@H]1OC(=O)c2c1ccc1c2OCO1)OCO3.[Cl-]. The molecule has 6 rings (SSSR count). The van der Waals surface area contributed by atoms with Gasteiger partial charge in [0, 0.05) is 17.5 Å². The van der Waals surface area contributed by atoms with Gasteiger partial charge in [-0.25, -0.2) is 4.79 Å². The van der Waals surface area contributed by atoms with Gasteiger partial charge in [0.1, 0.15) is 5.56 Å². The van der Waals surface area contributed by atoms with Gasteiger partial charge in [-0.2, -0.15) is 0 Å². The lowest BCUT2D eigenvalue weighted by molar-refractivity contribution is -0.927. The highest BCUT2D eigenvalue weighted by atomic mass is 35.5. The molecule has 0 unspecified atom stereocenters. The van der Waals surface area contributed by atoms with E-state index in [-0.39, 0.29) is 38.0 Å². The third-order valence-electron chi connectivity index (χ3n) is 6.27. The van der Waals surface area contributed by atoms with Crippen molar-refractivity contribution in [1.82, 2.24) is 0 Å². The van der Waals surface area contributed by atoms with Crippen LogP contribution in [0.3, 0.4) is 0 Å². The number of hydrogen-bond donors (Lipinski definition) is 0. The average Bonchev–Trinajstić information content (AvgIpc) is 3.37. The highest BCUT2D eigenvalue weighted by molar-refractivity contribution is 5.98. The van der Waals surface area contributed by atoms with Crippen LogP contribution in [-0.4, -0.2) is 44.7 Å². The van der Waals surface area contributed by atoms with Crippen molar-refractivity contribution in [1.29, 1.82) is 0 Å². The molecule has 0 amide bonds. The number of fused-ring (bicyclic) bond motifs is 5. The number of ether oxygens (including phenoxy) is 5. The lowest BCUT2D eigenvalue weighted by Gasteiger charge is -2.44. The number of rotatable bonds is 1. The molecule has 4 aliphatic heterocycles. The summed E-state index contributed by atoms with van der Waals surface area (Å²) in [5, 5.41) is 0. The summed E-state index contributed by atoms with van der Waals surface area (Å²) in [6.45, 7) is 1.30. The van der Waals surface area contributed by atoms with E-state index in [4.69, 9.17) is 23.7 Å². The van der Waals surface area contributed by atoms with E-state index in [0.29, 0.717) is 21.5 Å². The molecule has 2 aromatic rings. The largest absolute Gasteiger partial charge is 1.00 e. The zero-order chi connectivity index (χ0) is 19.0. The van der Waals surface area contributed by atoms with Gasteiger partial charge in [-0.3, -0.25) is 0 Å². The van der Waals surface area contributed by atoms with Gasteiger partial charge in [-0.1, -0.05) is 6.07 Å². The van der Waals surface area contributed by atoms with E-state index in [1.165, 1.54) is 5.56 Å². The van der Waals surface area contributed by atoms with E-state index in [2.05, 4.69) is 26.2 Å². The maximum absolute atomic E-state index is 12.8. The molecule has 4 aliphatic rings. The predicted molar refractivity (Wildman–Crippen MR) is 96.7 cm³/mol. The van der Waals surface area contributed by atoms with Crippen molar-refractivity contribution >= 4 is 5.97 Å². The maximum atomic E-state index is 12.8. The third kappa shape index (κ3) is 2.50. The summed E-state index contributed by atoms with van der Waals surface area (Å²) in [4.78, 5) is 12.8. The molecule has 0 fully saturated rings. The predicted octanol–water partition coefficient (Wildman–Crippen LogP) is -0.267. The number of benzene rings is 2. The Labute approximate surface area is 174 Å². The van der Waals surface area contributed by atoms with Crippen molar-refractivity contribution in [3.8, 4) is 23.0 Å². The number of cyclic esters (lactones) is 1. The number of halogens is 1. The quantitative estimate of drug-likeness (QED) is 0.470. The van der Waals surface area contributed by atoms with Crippen molar-refractivity contribution in [3.05, 3.63) is 46.5 Å². The van der Waals surface area contributed by atoms with E-state index < -0.39 is 6.10 Å². The molecule has 2 atom stereocenters. The minimum absolute atomic E-state index is 0. The number of carbonyl (C=O) groups excluding carboxylic acids is 1.